The van der Waals surface area contributed by atoms with Crippen molar-refractivity contribution in [2.75, 3.05) is 37.7 Å². The molecular weight excluding hydrogens is 288 g/mol. The average Bonchev–Trinajstić information content (AvgIpc) is 2.85. The van der Waals surface area contributed by atoms with Crippen molar-refractivity contribution in [3.05, 3.63) is 29.8 Å². The highest BCUT2D eigenvalue weighted by molar-refractivity contribution is 5.97. The molecular formula is C14H18N4O4. The molecule has 118 valence electrons. The van der Waals surface area contributed by atoms with Crippen molar-refractivity contribution in [2.24, 2.45) is 5.73 Å². The SMILES string of the molecule is N=C(N)c1ccc(N2CCN(CCOCC(=O)O)C2=O)cc1. The number of hydrogen-bond donors (Lipinski definition) is 3. The van der Waals surface area contributed by atoms with E-state index in [9.17, 15) is 9.59 Å². The number of carboxylic acids is 1. The predicted octanol–water partition coefficient (Wildman–Crippen LogP) is 0.314. The van der Waals surface area contributed by atoms with Crippen LogP contribution in [0.15, 0.2) is 24.3 Å². The highest BCUT2D eigenvalue weighted by Crippen LogP contribution is 2.20. The van der Waals surface area contributed by atoms with Crippen LogP contribution in [0.3, 0.4) is 0 Å². The van der Waals surface area contributed by atoms with Gasteiger partial charge in [-0.25, -0.2) is 9.59 Å². The Kier molecular flexibility index (Phi) is 4.95. The molecule has 8 nitrogen and oxygen atoms in total. The van der Waals surface area contributed by atoms with E-state index < -0.39 is 5.97 Å². The molecule has 0 bridgehead atoms. The van der Waals surface area contributed by atoms with E-state index in [0.29, 0.717) is 25.2 Å². The van der Waals surface area contributed by atoms with E-state index in [-0.39, 0.29) is 25.1 Å². The van der Waals surface area contributed by atoms with Crippen LogP contribution in [-0.2, 0) is 9.53 Å². The lowest BCUT2D eigenvalue weighted by Gasteiger charge is -2.18. The minimum absolute atomic E-state index is 0.0171. The lowest BCUT2D eigenvalue weighted by molar-refractivity contribution is -0.142. The molecule has 0 aromatic heterocycles. The monoisotopic (exact) mass is 306 g/mol. The molecule has 0 saturated carbocycles. The van der Waals surface area contributed by atoms with Gasteiger partial charge in [0.1, 0.15) is 12.4 Å². The zero-order valence-electron chi connectivity index (χ0n) is 12.0. The maximum absolute atomic E-state index is 12.3. The van der Waals surface area contributed by atoms with Gasteiger partial charge in [0.05, 0.1) is 6.61 Å². The van der Waals surface area contributed by atoms with E-state index in [1.165, 1.54) is 0 Å². The summed E-state index contributed by atoms with van der Waals surface area (Å²) in [5.74, 6) is -1.04. The van der Waals surface area contributed by atoms with Crippen LogP contribution in [-0.4, -0.2) is 60.7 Å². The molecule has 0 aliphatic carbocycles. The second kappa shape index (κ2) is 6.90. The molecule has 1 aromatic rings. The minimum Gasteiger partial charge on any atom is -0.480 e. The number of rotatable bonds is 7. The molecule has 22 heavy (non-hydrogen) atoms. The Morgan fingerprint density at radius 2 is 2.00 bits per heavy atom. The molecule has 1 aromatic carbocycles. The van der Waals surface area contributed by atoms with Crippen LogP contribution >= 0.6 is 0 Å². The van der Waals surface area contributed by atoms with Gasteiger partial charge in [-0.05, 0) is 24.3 Å². The maximum atomic E-state index is 12.3. The first-order chi connectivity index (χ1) is 10.5. The Morgan fingerprint density at radius 3 is 2.59 bits per heavy atom. The number of nitrogens with one attached hydrogen (secondary N) is 1. The summed E-state index contributed by atoms with van der Waals surface area (Å²) in [6.07, 6.45) is 0. The lowest BCUT2D eigenvalue weighted by atomic mass is 10.2. The number of amidine groups is 1. The second-order valence-electron chi connectivity index (χ2n) is 4.83. The summed E-state index contributed by atoms with van der Waals surface area (Å²) in [6, 6.07) is 6.75. The van der Waals surface area contributed by atoms with Gasteiger partial charge in [0.15, 0.2) is 0 Å². The number of benzene rings is 1. The van der Waals surface area contributed by atoms with E-state index in [1.54, 1.807) is 34.1 Å². The number of amides is 2. The fourth-order valence-electron chi connectivity index (χ4n) is 2.18. The summed E-state index contributed by atoms with van der Waals surface area (Å²) in [7, 11) is 0. The number of nitrogens with zero attached hydrogens (tertiary/aromatic N) is 2. The summed E-state index contributed by atoms with van der Waals surface area (Å²) in [5.41, 5.74) is 6.74. The Morgan fingerprint density at radius 1 is 1.32 bits per heavy atom. The van der Waals surface area contributed by atoms with E-state index in [2.05, 4.69) is 0 Å². The Bertz CT molecular complexity index is 573. The number of urea groups is 1. The first kappa shape index (κ1) is 15.8. The van der Waals surface area contributed by atoms with Crippen LogP contribution in [0.5, 0.6) is 0 Å². The zero-order chi connectivity index (χ0) is 16.1. The van der Waals surface area contributed by atoms with Crippen molar-refractivity contribution >= 4 is 23.5 Å². The van der Waals surface area contributed by atoms with Gasteiger partial charge < -0.3 is 20.5 Å². The lowest BCUT2D eigenvalue weighted by Crippen LogP contribution is -2.34. The molecule has 1 aliphatic rings. The summed E-state index contributed by atoms with van der Waals surface area (Å²) >= 11 is 0. The number of anilines is 1. The molecule has 1 aliphatic heterocycles. The van der Waals surface area contributed by atoms with Crippen molar-refractivity contribution in [1.82, 2.24) is 4.90 Å². The van der Waals surface area contributed by atoms with Crippen LogP contribution in [0.2, 0.25) is 0 Å². The number of nitrogens with two attached hydrogens (primary N) is 1. The summed E-state index contributed by atoms with van der Waals surface area (Å²) < 4.78 is 4.94. The first-order valence-electron chi connectivity index (χ1n) is 6.79. The van der Waals surface area contributed by atoms with Gasteiger partial charge in [-0.2, -0.15) is 0 Å². The van der Waals surface area contributed by atoms with Gasteiger partial charge >= 0.3 is 12.0 Å². The number of carboxylic acid groups (broad SMARTS) is 1. The quantitative estimate of drug-likeness (QED) is 0.380. The topological polar surface area (TPSA) is 120 Å². The molecule has 0 atom stereocenters. The van der Waals surface area contributed by atoms with Crippen LogP contribution in [0.25, 0.3) is 0 Å². The molecule has 1 fully saturated rings. The molecule has 1 heterocycles. The van der Waals surface area contributed by atoms with Gasteiger partial charge in [-0.1, -0.05) is 0 Å². The maximum Gasteiger partial charge on any atom is 0.329 e. The predicted molar refractivity (Wildman–Crippen MR) is 80.2 cm³/mol. The summed E-state index contributed by atoms with van der Waals surface area (Å²) in [4.78, 5) is 25.8. The number of hydrogen-bond acceptors (Lipinski definition) is 4. The molecule has 0 unspecified atom stereocenters. The number of aliphatic carboxylic acids is 1. The van der Waals surface area contributed by atoms with Gasteiger partial charge in [-0.3, -0.25) is 10.3 Å². The van der Waals surface area contributed by atoms with Crippen molar-refractivity contribution in [2.45, 2.75) is 0 Å². The Balaban J connectivity index is 1.90. The Labute approximate surface area is 127 Å². The van der Waals surface area contributed by atoms with Crippen LogP contribution in [0.1, 0.15) is 5.56 Å². The molecule has 1 saturated heterocycles. The van der Waals surface area contributed by atoms with Crippen molar-refractivity contribution < 1.29 is 19.4 Å². The number of carbonyl (C=O) groups excluding carboxylic acids is 1. The van der Waals surface area contributed by atoms with E-state index in [1.807, 2.05) is 0 Å². The number of nitrogen functional groups attached to an aromatic ring is 1. The molecule has 0 spiro atoms. The van der Waals surface area contributed by atoms with E-state index >= 15 is 0 Å². The minimum atomic E-state index is -1.03. The largest absolute Gasteiger partial charge is 0.480 e. The van der Waals surface area contributed by atoms with Crippen molar-refractivity contribution in [3.8, 4) is 0 Å². The third-order valence-corrected chi connectivity index (χ3v) is 3.32. The van der Waals surface area contributed by atoms with Crippen molar-refractivity contribution in [3.63, 3.8) is 0 Å². The average molecular weight is 306 g/mol. The van der Waals surface area contributed by atoms with E-state index in [0.717, 1.165) is 5.69 Å². The van der Waals surface area contributed by atoms with Gasteiger partial charge in [0, 0.05) is 30.9 Å². The fourth-order valence-corrected chi connectivity index (χ4v) is 2.18. The van der Waals surface area contributed by atoms with Crippen molar-refractivity contribution in [1.29, 1.82) is 5.41 Å². The molecule has 0 radical (unpaired) electrons. The smallest absolute Gasteiger partial charge is 0.329 e. The summed E-state index contributed by atoms with van der Waals surface area (Å²) in [6.45, 7) is 1.29. The number of carbonyl (C=O) groups is 2. The Hall–Kier alpha value is -2.61. The molecule has 8 heteroatoms. The zero-order valence-corrected chi connectivity index (χ0v) is 12.0. The fraction of sp³-hybridized carbons (Fsp3) is 0.357. The highest BCUT2D eigenvalue weighted by atomic mass is 16.5. The molecule has 2 amide bonds. The van der Waals surface area contributed by atoms with Gasteiger partial charge in [0.2, 0.25) is 0 Å². The van der Waals surface area contributed by atoms with Gasteiger partial charge in [0.25, 0.3) is 0 Å². The van der Waals surface area contributed by atoms with Gasteiger partial charge in [-0.15, -0.1) is 0 Å². The molecule has 2 rings (SSSR count). The normalized spacial score (nSPS) is 14.5. The van der Waals surface area contributed by atoms with Crippen LogP contribution < -0.4 is 10.6 Å². The summed E-state index contributed by atoms with van der Waals surface area (Å²) in [5, 5.41) is 15.8. The second-order valence-corrected chi connectivity index (χ2v) is 4.83. The third kappa shape index (κ3) is 3.73. The first-order valence-corrected chi connectivity index (χ1v) is 6.79. The van der Waals surface area contributed by atoms with Crippen LogP contribution in [0, 0.1) is 5.41 Å². The molecule has 4 N–H and O–H groups in total. The van der Waals surface area contributed by atoms with Crippen LogP contribution in [0.4, 0.5) is 10.5 Å². The number of ether oxygens (including phenoxy) is 1. The third-order valence-electron chi connectivity index (χ3n) is 3.32. The highest BCUT2D eigenvalue weighted by Gasteiger charge is 2.29. The standard InChI is InChI=1S/C14H18N4O4/c15-13(16)10-1-3-11(4-2-10)18-6-5-17(14(18)21)7-8-22-9-12(19)20/h1-4H,5-9H2,(H3,15,16)(H,19,20). The van der Waals surface area contributed by atoms with E-state index in [4.69, 9.17) is 21.0 Å².